The maximum atomic E-state index is 12.0. The summed E-state index contributed by atoms with van der Waals surface area (Å²) in [7, 11) is 1.85. The highest BCUT2D eigenvalue weighted by molar-refractivity contribution is 5.95. The predicted molar refractivity (Wildman–Crippen MR) is 108 cm³/mol. The average Bonchev–Trinajstić information content (AvgIpc) is 3.16. The number of amides is 1. The Morgan fingerprint density at radius 2 is 2.33 bits per heavy atom. The number of hydrogen-bond acceptors (Lipinski definition) is 4. The first-order chi connectivity index (χ1) is 13.2. The quantitative estimate of drug-likeness (QED) is 0.725. The van der Waals surface area contributed by atoms with E-state index in [9.17, 15) is 4.79 Å². The third kappa shape index (κ3) is 3.30. The standard InChI is InChI=1S/C21H23N5O/c1-3-20(27)25(2)16-7-5-9-26(14-16)17-10-18-19(13-24-21(18)23-12-17)15-6-4-8-22-11-15/h3-4,6,8,10-13,16H,1,5,7,9,14H2,2H3,(H,23,24)/t16-/m0/s1. The van der Waals surface area contributed by atoms with Gasteiger partial charge in [0.1, 0.15) is 5.65 Å². The zero-order valence-corrected chi connectivity index (χ0v) is 15.4. The maximum Gasteiger partial charge on any atom is 0.246 e. The van der Waals surface area contributed by atoms with Crippen LogP contribution in [0.5, 0.6) is 0 Å². The molecule has 27 heavy (non-hydrogen) atoms. The molecule has 0 aromatic carbocycles. The van der Waals surface area contributed by atoms with Crippen LogP contribution >= 0.6 is 0 Å². The summed E-state index contributed by atoms with van der Waals surface area (Å²) in [5.41, 5.74) is 4.11. The molecular formula is C21H23N5O. The van der Waals surface area contributed by atoms with Crippen LogP contribution in [0.3, 0.4) is 0 Å². The third-order valence-corrected chi connectivity index (χ3v) is 5.32. The number of aromatic nitrogens is 3. The number of H-pyrrole nitrogens is 1. The number of hydrogen-bond donors (Lipinski definition) is 1. The molecule has 1 saturated heterocycles. The van der Waals surface area contributed by atoms with Crippen LogP contribution in [-0.4, -0.2) is 51.9 Å². The molecule has 1 fully saturated rings. The van der Waals surface area contributed by atoms with Crippen LogP contribution in [0.2, 0.25) is 0 Å². The fraction of sp³-hybridized carbons (Fsp3) is 0.286. The molecule has 6 heteroatoms. The molecule has 1 amide bonds. The first-order valence-corrected chi connectivity index (χ1v) is 9.19. The van der Waals surface area contributed by atoms with E-state index in [2.05, 4.69) is 38.6 Å². The third-order valence-electron chi connectivity index (χ3n) is 5.32. The summed E-state index contributed by atoms with van der Waals surface area (Å²) in [5.74, 6) is -0.0278. The second-order valence-electron chi connectivity index (χ2n) is 6.93. The molecule has 4 rings (SSSR count). The minimum atomic E-state index is -0.0278. The fourth-order valence-corrected chi connectivity index (χ4v) is 3.76. The number of likely N-dealkylation sites (N-methyl/N-ethyl adjacent to an activating group) is 1. The van der Waals surface area contributed by atoms with Crippen molar-refractivity contribution in [1.82, 2.24) is 19.9 Å². The molecule has 6 nitrogen and oxygen atoms in total. The summed E-state index contributed by atoms with van der Waals surface area (Å²) >= 11 is 0. The molecule has 4 heterocycles. The summed E-state index contributed by atoms with van der Waals surface area (Å²) in [5, 5.41) is 1.08. The number of carbonyl (C=O) groups excluding carboxylic acids is 1. The van der Waals surface area contributed by atoms with Gasteiger partial charge in [-0.05, 0) is 31.1 Å². The number of nitrogens with zero attached hydrogens (tertiary/aromatic N) is 4. The number of pyridine rings is 2. The number of piperidine rings is 1. The van der Waals surface area contributed by atoms with Crippen LogP contribution in [0.15, 0.2) is 55.6 Å². The fourth-order valence-electron chi connectivity index (χ4n) is 3.76. The molecule has 3 aromatic rings. The molecule has 0 spiro atoms. The van der Waals surface area contributed by atoms with Crippen molar-refractivity contribution < 1.29 is 4.79 Å². The van der Waals surface area contributed by atoms with Crippen molar-refractivity contribution in [1.29, 1.82) is 0 Å². The summed E-state index contributed by atoms with van der Waals surface area (Å²) in [4.78, 5) is 28.1. The van der Waals surface area contributed by atoms with Gasteiger partial charge in [-0.3, -0.25) is 9.78 Å². The Bertz CT molecular complexity index is 965. The highest BCUT2D eigenvalue weighted by Gasteiger charge is 2.25. The first-order valence-electron chi connectivity index (χ1n) is 9.19. The van der Waals surface area contributed by atoms with E-state index in [4.69, 9.17) is 0 Å². The zero-order chi connectivity index (χ0) is 18.8. The van der Waals surface area contributed by atoms with Crippen molar-refractivity contribution in [3.05, 3.63) is 55.6 Å². The van der Waals surface area contributed by atoms with Crippen LogP contribution in [0.4, 0.5) is 5.69 Å². The van der Waals surface area contributed by atoms with E-state index in [1.807, 2.05) is 31.7 Å². The van der Waals surface area contributed by atoms with Crippen LogP contribution in [0.1, 0.15) is 12.8 Å². The van der Waals surface area contributed by atoms with Crippen LogP contribution in [-0.2, 0) is 4.79 Å². The molecule has 3 aromatic heterocycles. The Labute approximate surface area is 158 Å². The van der Waals surface area contributed by atoms with E-state index < -0.39 is 0 Å². The van der Waals surface area contributed by atoms with Gasteiger partial charge in [0.2, 0.25) is 5.91 Å². The maximum absolute atomic E-state index is 12.0. The smallest absolute Gasteiger partial charge is 0.246 e. The molecule has 0 radical (unpaired) electrons. The van der Waals surface area contributed by atoms with Crippen molar-refractivity contribution in [3.8, 4) is 11.1 Å². The molecule has 1 aliphatic heterocycles. The summed E-state index contributed by atoms with van der Waals surface area (Å²) in [6.07, 6.45) is 11.0. The van der Waals surface area contributed by atoms with Gasteiger partial charge in [0.25, 0.3) is 0 Å². The van der Waals surface area contributed by atoms with E-state index in [1.54, 1.807) is 11.1 Å². The van der Waals surface area contributed by atoms with Crippen molar-refractivity contribution in [3.63, 3.8) is 0 Å². The van der Waals surface area contributed by atoms with Crippen LogP contribution in [0.25, 0.3) is 22.2 Å². The number of aromatic amines is 1. The van der Waals surface area contributed by atoms with Gasteiger partial charge in [-0.25, -0.2) is 4.98 Å². The molecule has 1 atom stereocenters. The van der Waals surface area contributed by atoms with E-state index in [0.717, 1.165) is 53.8 Å². The number of nitrogens with one attached hydrogen (secondary N) is 1. The number of anilines is 1. The van der Waals surface area contributed by atoms with Gasteiger partial charge < -0.3 is 14.8 Å². The van der Waals surface area contributed by atoms with Gasteiger partial charge in [-0.2, -0.15) is 0 Å². The zero-order valence-electron chi connectivity index (χ0n) is 15.4. The number of rotatable bonds is 4. The van der Waals surface area contributed by atoms with E-state index in [-0.39, 0.29) is 11.9 Å². The van der Waals surface area contributed by atoms with Gasteiger partial charge in [-0.15, -0.1) is 0 Å². The minimum absolute atomic E-state index is 0.0278. The monoisotopic (exact) mass is 361 g/mol. The minimum Gasteiger partial charge on any atom is -0.368 e. The summed E-state index contributed by atoms with van der Waals surface area (Å²) < 4.78 is 0. The van der Waals surface area contributed by atoms with Crippen molar-refractivity contribution >= 4 is 22.6 Å². The molecule has 0 bridgehead atoms. The molecule has 0 aliphatic carbocycles. The van der Waals surface area contributed by atoms with E-state index in [1.165, 1.54) is 6.08 Å². The molecular weight excluding hydrogens is 338 g/mol. The summed E-state index contributed by atoms with van der Waals surface area (Å²) in [6.45, 7) is 5.36. The largest absolute Gasteiger partial charge is 0.368 e. The Morgan fingerprint density at radius 1 is 1.44 bits per heavy atom. The van der Waals surface area contributed by atoms with Gasteiger partial charge >= 0.3 is 0 Å². The van der Waals surface area contributed by atoms with E-state index in [0.29, 0.717) is 0 Å². The van der Waals surface area contributed by atoms with Crippen LogP contribution in [0, 0.1) is 0 Å². The lowest BCUT2D eigenvalue weighted by Crippen LogP contribution is -2.48. The van der Waals surface area contributed by atoms with Gasteiger partial charge in [0.05, 0.1) is 11.9 Å². The predicted octanol–water partition coefficient (Wildman–Crippen LogP) is 3.24. The number of fused-ring (bicyclic) bond motifs is 1. The lowest BCUT2D eigenvalue weighted by molar-refractivity contribution is -0.126. The Balaban J connectivity index is 1.64. The lowest BCUT2D eigenvalue weighted by Gasteiger charge is -2.38. The molecule has 1 N–H and O–H groups in total. The molecule has 0 saturated carbocycles. The first kappa shape index (κ1) is 17.3. The molecule has 1 aliphatic rings. The molecule has 138 valence electrons. The van der Waals surface area contributed by atoms with E-state index >= 15 is 0 Å². The highest BCUT2D eigenvalue weighted by Crippen LogP contribution is 2.31. The topological polar surface area (TPSA) is 65.1 Å². The lowest BCUT2D eigenvalue weighted by atomic mass is 10.0. The Kier molecular flexibility index (Phi) is 4.62. The van der Waals surface area contributed by atoms with Crippen molar-refractivity contribution in [2.75, 3.05) is 25.0 Å². The van der Waals surface area contributed by atoms with Gasteiger partial charge in [-0.1, -0.05) is 12.6 Å². The molecule has 0 unspecified atom stereocenters. The Hall–Kier alpha value is -3.15. The van der Waals surface area contributed by atoms with Gasteiger partial charge in [0.15, 0.2) is 0 Å². The number of carbonyl (C=O) groups is 1. The normalized spacial score (nSPS) is 17.1. The highest BCUT2D eigenvalue weighted by atomic mass is 16.2. The average molecular weight is 361 g/mol. The van der Waals surface area contributed by atoms with Crippen LogP contribution < -0.4 is 4.90 Å². The van der Waals surface area contributed by atoms with Crippen molar-refractivity contribution in [2.45, 2.75) is 18.9 Å². The van der Waals surface area contributed by atoms with Crippen molar-refractivity contribution in [2.24, 2.45) is 0 Å². The second kappa shape index (κ2) is 7.23. The SMILES string of the molecule is C=CC(=O)N(C)[C@H]1CCCN(c2cnc3[nH]cc(-c4cccnc4)c3c2)C1. The second-order valence-corrected chi connectivity index (χ2v) is 6.93. The van der Waals surface area contributed by atoms with Gasteiger partial charge in [0, 0.05) is 61.3 Å². The summed E-state index contributed by atoms with van der Waals surface area (Å²) in [6, 6.07) is 6.35. The Morgan fingerprint density at radius 3 is 3.11 bits per heavy atom.